The van der Waals surface area contributed by atoms with Crippen LogP contribution >= 0.6 is 0 Å². The number of rotatable bonds is 8. The van der Waals surface area contributed by atoms with Gasteiger partial charge in [0, 0.05) is 18.4 Å². The Kier molecular flexibility index (Phi) is 7.21. The summed E-state index contributed by atoms with van der Waals surface area (Å²) in [4.78, 5) is 4.15. The molecule has 2 rings (SSSR count). The Morgan fingerprint density at radius 3 is 2.57 bits per heavy atom. The van der Waals surface area contributed by atoms with Gasteiger partial charge in [0.2, 0.25) is 0 Å². The Morgan fingerprint density at radius 1 is 1.19 bits per heavy atom. The van der Waals surface area contributed by atoms with Crippen molar-refractivity contribution in [2.45, 2.75) is 77.2 Å². The highest BCUT2D eigenvalue weighted by atomic mass is 14.9. The van der Waals surface area contributed by atoms with E-state index in [4.69, 9.17) is 0 Å². The van der Waals surface area contributed by atoms with Crippen molar-refractivity contribution in [2.75, 3.05) is 6.54 Å². The molecule has 2 unspecified atom stereocenters. The number of hydrogen-bond acceptors (Lipinski definition) is 2. The first-order chi connectivity index (χ1) is 10.3. The molecular weight excluding hydrogens is 256 g/mol. The molecule has 0 spiro atoms. The molecule has 0 aromatic carbocycles. The van der Waals surface area contributed by atoms with Gasteiger partial charge in [0.15, 0.2) is 0 Å². The molecule has 0 radical (unpaired) electrons. The van der Waals surface area contributed by atoms with Gasteiger partial charge in [-0.3, -0.25) is 4.98 Å². The minimum absolute atomic E-state index is 0.572. The molecule has 2 nitrogen and oxygen atoms in total. The fourth-order valence-electron chi connectivity index (χ4n) is 3.65. The van der Waals surface area contributed by atoms with Crippen LogP contribution in [0.3, 0.4) is 0 Å². The van der Waals surface area contributed by atoms with E-state index in [0.29, 0.717) is 12.0 Å². The van der Waals surface area contributed by atoms with Gasteiger partial charge >= 0.3 is 0 Å². The predicted molar refractivity (Wildman–Crippen MR) is 90.5 cm³/mol. The lowest BCUT2D eigenvalue weighted by atomic mass is 9.82. The molecule has 1 aliphatic rings. The molecule has 0 bridgehead atoms. The molecule has 1 saturated carbocycles. The van der Waals surface area contributed by atoms with Crippen molar-refractivity contribution < 1.29 is 0 Å². The smallest absolute Gasteiger partial charge is 0.0270 e. The normalized spacial score (nSPS) is 19.3. The van der Waals surface area contributed by atoms with Crippen LogP contribution in [0.15, 0.2) is 24.5 Å². The van der Waals surface area contributed by atoms with Crippen LogP contribution in [0, 0.1) is 5.92 Å². The quantitative estimate of drug-likeness (QED) is 0.735. The van der Waals surface area contributed by atoms with E-state index in [1.807, 2.05) is 12.4 Å². The Hall–Kier alpha value is -0.890. The molecule has 0 amide bonds. The summed E-state index contributed by atoms with van der Waals surface area (Å²) in [6.45, 7) is 5.75. The van der Waals surface area contributed by atoms with Crippen molar-refractivity contribution in [3.05, 3.63) is 30.1 Å². The third-order valence-corrected chi connectivity index (χ3v) is 5.10. The summed E-state index contributed by atoms with van der Waals surface area (Å²) in [6.07, 6.45) is 15.1. The second-order valence-electron chi connectivity index (χ2n) is 6.71. The predicted octanol–water partition coefficient (Wildman–Crippen LogP) is 4.91. The van der Waals surface area contributed by atoms with Gasteiger partial charge in [-0.15, -0.1) is 0 Å². The van der Waals surface area contributed by atoms with Crippen LogP contribution in [0.2, 0.25) is 0 Å². The fourth-order valence-corrected chi connectivity index (χ4v) is 3.65. The number of hydrogen-bond donors (Lipinski definition) is 1. The summed E-state index contributed by atoms with van der Waals surface area (Å²) in [6, 6.07) is 4.95. The number of pyridine rings is 1. The number of nitrogens with zero attached hydrogens (tertiary/aromatic N) is 1. The molecule has 2 atom stereocenters. The molecule has 0 aliphatic heterocycles. The summed E-state index contributed by atoms with van der Waals surface area (Å²) < 4.78 is 0. The first kappa shape index (κ1) is 16.5. The van der Waals surface area contributed by atoms with Crippen LogP contribution < -0.4 is 5.32 Å². The van der Waals surface area contributed by atoms with E-state index in [-0.39, 0.29) is 0 Å². The average Bonchev–Trinajstić information content (AvgIpc) is 2.56. The summed E-state index contributed by atoms with van der Waals surface area (Å²) >= 11 is 0. The van der Waals surface area contributed by atoms with E-state index >= 15 is 0 Å². The molecule has 1 aromatic rings. The second kappa shape index (κ2) is 9.19. The second-order valence-corrected chi connectivity index (χ2v) is 6.71. The highest BCUT2D eigenvalue weighted by molar-refractivity contribution is 5.17. The van der Waals surface area contributed by atoms with Crippen molar-refractivity contribution in [2.24, 2.45) is 5.92 Å². The highest BCUT2D eigenvalue weighted by Crippen LogP contribution is 2.30. The Morgan fingerprint density at radius 2 is 1.90 bits per heavy atom. The average molecular weight is 288 g/mol. The number of nitrogens with one attached hydrogen (secondary N) is 1. The van der Waals surface area contributed by atoms with E-state index in [1.165, 1.54) is 56.9 Å². The van der Waals surface area contributed by atoms with Gasteiger partial charge in [-0.1, -0.05) is 46.0 Å². The van der Waals surface area contributed by atoms with Crippen molar-refractivity contribution in [1.29, 1.82) is 0 Å². The zero-order valence-corrected chi connectivity index (χ0v) is 13.9. The molecule has 118 valence electrons. The van der Waals surface area contributed by atoms with Crippen LogP contribution in [-0.2, 0) is 0 Å². The van der Waals surface area contributed by atoms with Crippen LogP contribution in [0.25, 0.3) is 0 Å². The van der Waals surface area contributed by atoms with Crippen molar-refractivity contribution in [3.63, 3.8) is 0 Å². The zero-order valence-electron chi connectivity index (χ0n) is 13.9. The van der Waals surface area contributed by atoms with Crippen LogP contribution in [0.4, 0.5) is 0 Å². The van der Waals surface area contributed by atoms with Crippen LogP contribution in [0.5, 0.6) is 0 Å². The maximum Gasteiger partial charge on any atom is 0.0270 e. The fraction of sp³-hybridized carbons (Fsp3) is 0.737. The van der Waals surface area contributed by atoms with Gasteiger partial charge in [-0.25, -0.2) is 0 Å². The van der Waals surface area contributed by atoms with Gasteiger partial charge < -0.3 is 5.32 Å². The molecule has 1 aromatic heterocycles. The summed E-state index contributed by atoms with van der Waals surface area (Å²) in [7, 11) is 0. The monoisotopic (exact) mass is 288 g/mol. The molecule has 2 heteroatoms. The lowest BCUT2D eigenvalue weighted by molar-refractivity contribution is 0.303. The van der Waals surface area contributed by atoms with Crippen LogP contribution in [0.1, 0.15) is 76.7 Å². The minimum Gasteiger partial charge on any atom is -0.313 e. The molecular formula is C19H32N2. The van der Waals surface area contributed by atoms with E-state index in [2.05, 4.69) is 36.3 Å². The molecule has 1 N–H and O–H groups in total. The van der Waals surface area contributed by atoms with Gasteiger partial charge in [0.05, 0.1) is 0 Å². The number of aromatic nitrogens is 1. The van der Waals surface area contributed by atoms with Crippen LogP contribution in [-0.4, -0.2) is 17.6 Å². The molecule has 0 saturated heterocycles. The topological polar surface area (TPSA) is 24.9 Å². The van der Waals surface area contributed by atoms with Gasteiger partial charge in [0.1, 0.15) is 0 Å². The van der Waals surface area contributed by atoms with Crippen molar-refractivity contribution in [3.8, 4) is 0 Å². The Bertz CT molecular complexity index is 370. The zero-order chi connectivity index (χ0) is 14.9. The lowest BCUT2D eigenvalue weighted by Crippen LogP contribution is -2.35. The maximum atomic E-state index is 4.15. The lowest BCUT2D eigenvalue weighted by Gasteiger charge is -2.29. The molecule has 1 fully saturated rings. The first-order valence-electron chi connectivity index (χ1n) is 8.94. The largest absolute Gasteiger partial charge is 0.313 e. The summed E-state index contributed by atoms with van der Waals surface area (Å²) in [5.74, 6) is 1.55. The maximum absolute atomic E-state index is 4.15. The molecule has 1 aliphatic carbocycles. The van der Waals surface area contributed by atoms with E-state index in [9.17, 15) is 0 Å². The van der Waals surface area contributed by atoms with E-state index in [1.54, 1.807) is 0 Å². The van der Waals surface area contributed by atoms with Gasteiger partial charge in [0.25, 0.3) is 0 Å². The van der Waals surface area contributed by atoms with Crippen molar-refractivity contribution >= 4 is 0 Å². The van der Waals surface area contributed by atoms with E-state index in [0.717, 1.165) is 12.5 Å². The molecule has 1 heterocycles. The molecule has 21 heavy (non-hydrogen) atoms. The highest BCUT2D eigenvalue weighted by Gasteiger charge is 2.21. The summed E-state index contributed by atoms with van der Waals surface area (Å²) in [5, 5.41) is 3.79. The Balaban J connectivity index is 1.89. The summed E-state index contributed by atoms with van der Waals surface area (Å²) in [5.41, 5.74) is 1.42. The third kappa shape index (κ3) is 5.43. The van der Waals surface area contributed by atoms with Gasteiger partial charge in [-0.2, -0.15) is 0 Å². The first-order valence-corrected chi connectivity index (χ1v) is 8.94. The SMILES string of the molecule is CCCNC(CCC1CCCCC1)C(C)c1ccncc1. The standard InChI is InChI=1S/C19H32N2/c1-3-13-21-19(10-9-17-7-5-4-6-8-17)16(2)18-11-14-20-15-12-18/h11-12,14-17,19,21H,3-10,13H2,1-2H3. The third-order valence-electron chi connectivity index (χ3n) is 5.10. The van der Waals surface area contributed by atoms with E-state index < -0.39 is 0 Å². The van der Waals surface area contributed by atoms with Gasteiger partial charge in [-0.05, 0) is 55.3 Å². The Labute approximate surface area is 130 Å². The van der Waals surface area contributed by atoms with Crippen molar-refractivity contribution in [1.82, 2.24) is 10.3 Å². The minimum atomic E-state index is 0.572.